The standard InChI is InChI=1S/C12H11F4NO2/c1-2-19-11(18)7-10(12(14,15)16)17-9-5-3-8(13)4-6-9/h3-7,17H,2H2,1H3/b10-7+. The summed E-state index contributed by atoms with van der Waals surface area (Å²) in [5.41, 5.74) is -1.27. The molecule has 7 heteroatoms. The molecule has 0 spiro atoms. The molecule has 0 aliphatic heterocycles. The number of hydrogen-bond donors (Lipinski definition) is 1. The van der Waals surface area contributed by atoms with E-state index in [0.29, 0.717) is 6.08 Å². The van der Waals surface area contributed by atoms with Crippen molar-refractivity contribution in [1.29, 1.82) is 0 Å². The van der Waals surface area contributed by atoms with Crippen molar-refractivity contribution in [1.82, 2.24) is 0 Å². The van der Waals surface area contributed by atoms with E-state index in [1.165, 1.54) is 6.92 Å². The first kappa shape index (κ1) is 15.0. The van der Waals surface area contributed by atoms with E-state index in [0.717, 1.165) is 24.3 Å². The van der Waals surface area contributed by atoms with E-state index < -0.39 is 23.7 Å². The van der Waals surface area contributed by atoms with E-state index in [1.54, 1.807) is 0 Å². The van der Waals surface area contributed by atoms with Crippen LogP contribution in [0.2, 0.25) is 0 Å². The van der Waals surface area contributed by atoms with Crippen LogP contribution in [-0.4, -0.2) is 18.8 Å². The zero-order chi connectivity index (χ0) is 14.5. The highest BCUT2D eigenvalue weighted by Gasteiger charge is 2.35. The predicted octanol–water partition coefficient (Wildman–Crippen LogP) is 3.25. The van der Waals surface area contributed by atoms with Crippen molar-refractivity contribution in [3.8, 4) is 0 Å². The van der Waals surface area contributed by atoms with Crippen molar-refractivity contribution < 1.29 is 27.1 Å². The second-order valence-electron chi connectivity index (χ2n) is 3.44. The highest BCUT2D eigenvalue weighted by molar-refractivity contribution is 5.83. The topological polar surface area (TPSA) is 38.3 Å². The van der Waals surface area contributed by atoms with Gasteiger partial charge in [-0.25, -0.2) is 9.18 Å². The molecule has 0 radical (unpaired) electrons. The Morgan fingerprint density at radius 2 is 1.89 bits per heavy atom. The van der Waals surface area contributed by atoms with Gasteiger partial charge in [-0.15, -0.1) is 0 Å². The quantitative estimate of drug-likeness (QED) is 0.521. The molecular formula is C12H11F4NO2. The summed E-state index contributed by atoms with van der Waals surface area (Å²) >= 11 is 0. The number of alkyl halides is 3. The number of carbonyl (C=O) groups is 1. The molecule has 0 saturated carbocycles. The van der Waals surface area contributed by atoms with Gasteiger partial charge in [0.05, 0.1) is 12.7 Å². The number of allylic oxidation sites excluding steroid dienone is 1. The van der Waals surface area contributed by atoms with Crippen LogP contribution in [0.4, 0.5) is 23.2 Å². The smallest absolute Gasteiger partial charge is 0.431 e. The molecule has 0 fully saturated rings. The summed E-state index contributed by atoms with van der Waals surface area (Å²) in [6, 6.07) is 4.25. The summed E-state index contributed by atoms with van der Waals surface area (Å²) in [5, 5.41) is 2.00. The fraction of sp³-hybridized carbons (Fsp3) is 0.250. The van der Waals surface area contributed by atoms with Gasteiger partial charge < -0.3 is 10.1 Å². The predicted molar refractivity (Wildman–Crippen MR) is 60.8 cm³/mol. The fourth-order valence-electron chi connectivity index (χ4n) is 1.18. The number of benzene rings is 1. The first-order chi connectivity index (χ1) is 8.82. The van der Waals surface area contributed by atoms with Crippen LogP contribution in [0.25, 0.3) is 0 Å². The van der Waals surface area contributed by atoms with Crippen LogP contribution < -0.4 is 5.32 Å². The molecular weight excluding hydrogens is 266 g/mol. The summed E-state index contributed by atoms with van der Waals surface area (Å²) in [7, 11) is 0. The van der Waals surface area contributed by atoms with Gasteiger partial charge in [0.25, 0.3) is 0 Å². The Bertz CT molecular complexity index is 466. The second kappa shape index (κ2) is 6.21. The highest BCUT2D eigenvalue weighted by atomic mass is 19.4. The lowest BCUT2D eigenvalue weighted by molar-refractivity contribution is -0.138. The highest BCUT2D eigenvalue weighted by Crippen LogP contribution is 2.27. The number of halogens is 4. The number of hydrogen-bond acceptors (Lipinski definition) is 3. The SMILES string of the molecule is CCOC(=O)/C=C(/Nc1ccc(F)cc1)C(F)(F)F. The van der Waals surface area contributed by atoms with Crippen molar-refractivity contribution in [2.24, 2.45) is 0 Å². The van der Waals surface area contributed by atoms with Crippen LogP contribution in [0, 0.1) is 5.82 Å². The minimum atomic E-state index is -4.75. The van der Waals surface area contributed by atoms with E-state index in [2.05, 4.69) is 4.74 Å². The van der Waals surface area contributed by atoms with Crippen molar-refractivity contribution in [3.05, 3.63) is 41.9 Å². The average molecular weight is 277 g/mol. The number of carbonyl (C=O) groups excluding carboxylic acids is 1. The molecule has 0 aliphatic rings. The maximum atomic E-state index is 12.7. The lowest BCUT2D eigenvalue weighted by atomic mass is 10.3. The third-order valence-corrected chi connectivity index (χ3v) is 1.98. The van der Waals surface area contributed by atoms with Crippen molar-refractivity contribution in [2.45, 2.75) is 13.1 Å². The van der Waals surface area contributed by atoms with E-state index in [1.807, 2.05) is 5.32 Å². The zero-order valence-corrected chi connectivity index (χ0v) is 9.92. The van der Waals surface area contributed by atoms with Gasteiger partial charge in [-0.05, 0) is 31.2 Å². The van der Waals surface area contributed by atoms with E-state index in [-0.39, 0.29) is 12.3 Å². The van der Waals surface area contributed by atoms with Gasteiger partial charge in [-0.2, -0.15) is 13.2 Å². The van der Waals surface area contributed by atoms with Crippen molar-refractivity contribution in [3.63, 3.8) is 0 Å². The van der Waals surface area contributed by atoms with E-state index >= 15 is 0 Å². The molecule has 104 valence electrons. The van der Waals surface area contributed by atoms with Gasteiger partial charge in [0, 0.05) is 5.69 Å². The molecule has 0 aromatic heterocycles. The molecule has 0 bridgehead atoms. The second-order valence-corrected chi connectivity index (χ2v) is 3.44. The number of anilines is 1. The third kappa shape index (κ3) is 4.99. The molecule has 0 heterocycles. The third-order valence-electron chi connectivity index (χ3n) is 1.98. The lowest BCUT2D eigenvalue weighted by Crippen LogP contribution is -2.21. The van der Waals surface area contributed by atoms with Gasteiger partial charge in [-0.3, -0.25) is 0 Å². The summed E-state index contributed by atoms with van der Waals surface area (Å²) in [4.78, 5) is 11.0. The molecule has 1 rings (SSSR count). The molecule has 1 aromatic carbocycles. The van der Waals surface area contributed by atoms with Crippen LogP contribution in [0.5, 0.6) is 0 Å². The Labute approximate surface area is 106 Å². The van der Waals surface area contributed by atoms with Gasteiger partial charge >= 0.3 is 12.1 Å². The Morgan fingerprint density at radius 1 is 1.32 bits per heavy atom. The van der Waals surface area contributed by atoms with Crippen LogP contribution >= 0.6 is 0 Å². The van der Waals surface area contributed by atoms with Crippen LogP contribution in [0.3, 0.4) is 0 Å². The monoisotopic (exact) mass is 277 g/mol. The number of rotatable bonds is 4. The minimum Gasteiger partial charge on any atom is -0.463 e. The molecule has 0 atom stereocenters. The molecule has 0 unspecified atom stereocenters. The van der Waals surface area contributed by atoms with Crippen LogP contribution in [0.1, 0.15) is 6.92 Å². The van der Waals surface area contributed by atoms with E-state index in [9.17, 15) is 22.4 Å². The Hall–Kier alpha value is -2.05. The normalized spacial score (nSPS) is 12.2. The largest absolute Gasteiger partial charge is 0.463 e. The summed E-state index contributed by atoms with van der Waals surface area (Å²) in [6.07, 6.45) is -4.44. The first-order valence-electron chi connectivity index (χ1n) is 5.31. The van der Waals surface area contributed by atoms with Gasteiger partial charge in [-0.1, -0.05) is 0 Å². The molecule has 3 nitrogen and oxygen atoms in total. The Balaban J connectivity index is 2.93. The van der Waals surface area contributed by atoms with Crippen LogP contribution in [0.15, 0.2) is 36.0 Å². The molecule has 19 heavy (non-hydrogen) atoms. The summed E-state index contributed by atoms with van der Waals surface area (Å²) in [5.74, 6) is -1.68. The summed E-state index contributed by atoms with van der Waals surface area (Å²) in [6.45, 7) is 1.45. The van der Waals surface area contributed by atoms with Crippen molar-refractivity contribution >= 4 is 11.7 Å². The zero-order valence-electron chi connectivity index (χ0n) is 9.92. The minimum absolute atomic E-state index is 0.00859. The van der Waals surface area contributed by atoms with Crippen molar-refractivity contribution in [2.75, 3.05) is 11.9 Å². The lowest BCUT2D eigenvalue weighted by Gasteiger charge is -2.14. The Kier molecular flexibility index (Phi) is 4.91. The first-order valence-corrected chi connectivity index (χ1v) is 5.31. The number of nitrogens with one attached hydrogen (secondary N) is 1. The summed E-state index contributed by atoms with van der Waals surface area (Å²) < 4.78 is 55.1. The number of esters is 1. The number of ether oxygens (including phenoxy) is 1. The molecule has 0 amide bonds. The Morgan fingerprint density at radius 3 is 2.37 bits per heavy atom. The maximum Gasteiger partial charge on any atom is 0.431 e. The molecule has 1 aromatic rings. The van der Waals surface area contributed by atoms with Gasteiger partial charge in [0.15, 0.2) is 0 Å². The van der Waals surface area contributed by atoms with E-state index in [4.69, 9.17) is 0 Å². The van der Waals surface area contributed by atoms with Crippen LogP contribution in [-0.2, 0) is 9.53 Å². The average Bonchev–Trinajstić information content (AvgIpc) is 2.30. The van der Waals surface area contributed by atoms with Gasteiger partial charge in [0.2, 0.25) is 0 Å². The molecule has 0 aliphatic carbocycles. The molecule has 0 saturated heterocycles. The molecule has 1 N–H and O–H groups in total. The fourth-order valence-corrected chi connectivity index (χ4v) is 1.18. The van der Waals surface area contributed by atoms with Gasteiger partial charge in [0.1, 0.15) is 11.5 Å². The maximum absolute atomic E-state index is 12.7.